The van der Waals surface area contributed by atoms with E-state index >= 15 is 0 Å². The van der Waals surface area contributed by atoms with Crippen molar-refractivity contribution in [3.63, 3.8) is 0 Å². The van der Waals surface area contributed by atoms with E-state index in [2.05, 4.69) is 15.9 Å². The van der Waals surface area contributed by atoms with Crippen LogP contribution in [0.1, 0.15) is 0 Å². The first kappa shape index (κ1) is 22.9. The van der Waals surface area contributed by atoms with E-state index in [9.17, 15) is 8.42 Å². The molecule has 0 spiro atoms. The zero-order valence-corrected chi connectivity index (χ0v) is 20.8. The molecular weight excluding hydrogens is 512 g/mol. The van der Waals surface area contributed by atoms with Crippen LogP contribution in [0, 0.1) is 0 Å². The van der Waals surface area contributed by atoms with Crippen molar-refractivity contribution in [3.8, 4) is 17.0 Å². The highest BCUT2D eigenvalue weighted by Gasteiger charge is 2.29. The van der Waals surface area contributed by atoms with Crippen molar-refractivity contribution in [2.75, 3.05) is 27.2 Å². The molecule has 0 aliphatic rings. The second-order valence-electron chi connectivity index (χ2n) is 7.58. The maximum Gasteiger partial charge on any atom is 0.268 e. The number of benzene rings is 3. The Morgan fingerprint density at radius 3 is 2.34 bits per heavy atom. The third-order valence-corrected chi connectivity index (χ3v) is 7.50. The largest absolute Gasteiger partial charge is 0.489 e. The van der Waals surface area contributed by atoms with Gasteiger partial charge in [0.2, 0.25) is 0 Å². The molecule has 0 radical (unpaired) electrons. The van der Waals surface area contributed by atoms with Crippen LogP contribution in [-0.4, -0.2) is 44.5 Å². The van der Waals surface area contributed by atoms with E-state index in [1.807, 2.05) is 61.5 Å². The second kappa shape index (κ2) is 9.27. The first-order valence-electron chi connectivity index (χ1n) is 9.97. The SMILES string of the molecule is CN(C)CCOc1c(-c2ccccc2)n(S(=O)(=O)c2ccc(Cl)cc2)c2ccc(Br)cc12. The lowest BCUT2D eigenvalue weighted by molar-refractivity contribution is 0.264. The quantitative estimate of drug-likeness (QED) is 0.297. The van der Waals surface area contributed by atoms with Gasteiger partial charge in [-0.3, -0.25) is 0 Å². The molecule has 4 rings (SSSR count). The lowest BCUT2D eigenvalue weighted by Crippen LogP contribution is -2.19. The Kier molecular flexibility index (Phi) is 6.62. The molecule has 0 atom stereocenters. The summed E-state index contributed by atoms with van der Waals surface area (Å²) in [6.07, 6.45) is 0. The van der Waals surface area contributed by atoms with Crippen molar-refractivity contribution < 1.29 is 13.2 Å². The van der Waals surface area contributed by atoms with Crippen LogP contribution in [0.4, 0.5) is 0 Å². The summed E-state index contributed by atoms with van der Waals surface area (Å²) in [5.74, 6) is 0.534. The molecule has 4 aromatic rings. The van der Waals surface area contributed by atoms with E-state index in [0.29, 0.717) is 35.1 Å². The fraction of sp³-hybridized carbons (Fsp3) is 0.167. The molecule has 3 aromatic carbocycles. The van der Waals surface area contributed by atoms with Gasteiger partial charge in [0, 0.05) is 27.0 Å². The van der Waals surface area contributed by atoms with E-state index in [1.165, 1.54) is 16.1 Å². The predicted molar refractivity (Wildman–Crippen MR) is 133 cm³/mol. The van der Waals surface area contributed by atoms with Gasteiger partial charge in [0.15, 0.2) is 5.75 Å². The monoisotopic (exact) mass is 532 g/mol. The van der Waals surface area contributed by atoms with Gasteiger partial charge in [-0.2, -0.15) is 0 Å². The number of hydrogen-bond donors (Lipinski definition) is 0. The summed E-state index contributed by atoms with van der Waals surface area (Å²) in [5.41, 5.74) is 1.78. The average molecular weight is 534 g/mol. The molecule has 1 heterocycles. The van der Waals surface area contributed by atoms with Gasteiger partial charge in [0.1, 0.15) is 12.3 Å². The second-order valence-corrected chi connectivity index (χ2v) is 10.7. The van der Waals surface area contributed by atoms with Gasteiger partial charge in [-0.15, -0.1) is 0 Å². The highest BCUT2D eigenvalue weighted by atomic mass is 79.9. The van der Waals surface area contributed by atoms with Crippen LogP contribution >= 0.6 is 27.5 Å². The van der Waals surface area contributed by atoms with Crippen LogP contribution in [-0.2, 0) is 10.0 Å². The molecule has 0 aliphatic carbocycles. The normalized spacial score (nSPS) is 11.9. The van der Waals surface area contributed by atoms with Crippen molar-refractivity contribution in [1.29, 1.82) is 0 Å². The van der Waals surface area contributed by atoms with Crippen molar-refractivity contribution in [3.05, 3.63) is 82.3 Å². The van der Waals surface area contributed by atoms with Crippen LogP contribution in [0.5, 0.6) is 5.75 Å². The van der Waals surface area contributed by atoms with Gasteiger partial charge in [0.25, 0.3) is 10.0 Å². The average Bonchev–Trinajstić information content (AvgIpc) is 3.08. The van der Waals surface area contributed by atoms with E-state index < -0.39 is 10.0 Å². The molecular formula is C24H22BrClN2O3S. The zero-order valence-electron chi connectivity index (χ0n) is 17.6. The minimum absolute atomic E-state index is 0.152. The molecule has 1 aromatic heterocycles. The predicted octanol–water partition coefficient (Wildman–Crippen LogP) is 5.90. The minimum atomic E-state index is -3.94. The van der Waals surface area contributed by atoms with Crippen LogP contribution < -0.4 is 4.74 Å². The van der Waals surface area contributed by atoms with Crippen LogP contribution in [0.25, 0.3) is 22.2 Å². The van der Waals surface area contributed by atoms with Gasteiger partial charge in [-0.1, -0.05) is 57.9 Å². The minimum Gasteiger partial charge on any atom is -0.489 e. The number of halogens is 2. The molecule has 8 heteroatoms. The van der Waals surface area contributed by atoms with E-state index in [4.69, 9.17) is 16.3 Å². The Morgan fingerprint density at radius 1 is 1.00 bits per heavy atom. The van der Waals surface area contributed by atoms with Crippen molar-refractivity contribution in [1.82, 2.24) is 8.87 Å². The molecule has 32 heavy (non-hydrogen) atoms. The summed E-state index contributed by atoms with van der Waals surface area (Å²) in [5, 5.41) is 1.19. The molecule has 166 valence electrons. The standard InChI is InChI=1S/C24H22BrClN2O3S/c1-27(2)14-15-31-24-21-16-18(25)8-13-22(21)28(23(24)17-6-4-3-5-7-17)32(29,30)20-11-9-19(26)10-12-20/h3-13,16H,14-15H2,1-2H3. The Morgan fingerprint density at radius 2 is 1.69 bits per heavy atom. The lowest BCUT2D eigenvalue weighted by atomic mass is 10.1. The van der Waals surface area contributed by atoms with Crippen LogP contribution in [0.2, 0.25) is 5.02 Å². The molecule has 5 nitrogen and oxygen atoms in total. The van der Waals surface area contributed by atoms with Crippen molar-refractivity contribution >= 4 is 48.5 Å². The number of hydrogen-bond acceptors (Lipinski definition) is 4. The maximum atomic E-state index is 13.9. The Hall–Kier alpha value is -2.32. The summed E-state index contributed by atoms with van der Waals surface area (Å²) >= 11 is 9.52. The van der Waals surface area contributed by atoms with Crippen LogP contribution in [0.15, 0.2) is 82.2 Å². The number of rotatable bonds is 7. The van der Waals surface area contributed by atoms with Crippen LogP contribution in [0.3, 0.4) is 0 Å². The lowest BCUT2D eigenvalue weighted by Gasteiger charge is -2.15. The molecule has 0 aliphatic heterocycles. The number of nitrogens with zero attached hydrogens (tertiary/aromatic N) is 2. The van der Waals surface area contributed by atoms with Gasteiger partial charge in [-0.25, -0.2) is 12.4 Å². The molecule has 0 N–H and O–H groups in total. The fourth-order valence-electron chi connectivity index (χ4n) is 3.49. The fourth-order valence-corrected chi connectivity index (χ4v) is 5.51. The van der Waals surface area contributed by atoms with Gasteiger partial charge in [-0.05, 0) is 56.6 Å². The summed E-state index contributed by atoms with van der Waals surface area (Å²) in [6, 6.07) is 21.1. The van der Waals surface area contributed by atoms with Gasteiger partial charge < -0.3 is 9.64 Å². The molecule has 0 amide bonds. The summed E-state index contributed by atoms with van der Waals surface area (Å²) in [7, 11) is -0.0130. The number of aromatic nitrogens is 1. The molecule has 0 fully saturated rings. The molecule has 0 bridgehead atoms. The first-order chi connectivity index (χ1) is 15.3. The highest BCUT2D eigenvalue weighted by molar-refractivity contribution is 9.10. The molecule has 0 saturated carbocycles. The Labute approximate surface area is 201 Å². The molecule has 0 saturated heterocycles. The highest BCUT2D eigenvalue weighted by Crippen LogP contribution is 2.43. The molecule has 0 unspecified atom stereocenters. The van der Waals surface area contributed by atoms with E-state index in [0.717, 1.165) is 15.4 Å². The Balaban J connectivity index is 2.04. The zero-order chi connectivity index (χ0) is 22.9. The topological polar surface area (TPSA) is 51.5 Å². The first-order valence-corrected chi connectivity index (χ1v) is 12.6. The summed E-state index contributed by atoms with van der Waals surface area (Å²) in [6.45, 7) is 1.11. The van der Waals surface area contributed by atoms with Gasteiger partial charge >= 0.3 is 0 Å². The third-order valence-electron chi connectivity index (χ3n) is 5.02. The number of likely N-dealkylation sites (N-methyl/N-ethyl adjacent to an activating group) is 1. The summed E-state index contributed by atoms with van der Waals surface area (Å²) in [4.78, 5) is 2.17. The number of ether oxygens (including phenoxy) is 1. The number of fused-ring (bicyclic) bond motifs is 1. The van der Waals surface area contributed by atoms with Crippen molar-refractivity contribution in [2.45, 2.75) is 4.90 Å². The van der Waals surface area contributed by atoms with Crippen molar-refractivity contribution in [2.24, 2.45) is 0 Å². The third kappa shape index (κ3) is 4.43. The summed E-state index contributed by atoms with van der Waals surface area (Å²) < 4.78 is 36.2. The maximum absolute atomic E-state index is 13.9. The van der Waals surface area contributed by atoms with Gasteiger partial charge in [0.05, 0.1) is 10.4 Å². The van der Waals surface area contributed by atoms with E-state index in [1.54, 1.807) is 18.2 Å². The van der Waals surface area contributed by atoms with E-state index in [-0.39, 0.29) is 4.90 Å². The Bertz CT molecular complexity index is 1350. The smallest absolute Gasteiger partial charge is 0.268 e.